The first-order valence-electron chi connectivity index (χ1n) is 10.4. The van der Waals surface area contributed by atoms with Crippen LogP contribution < -0.4 is 11.1 Å². The summed E-state index contributed by atoms with van der Waals surface area (Å²) in [4.78, 5) is 31.1. The average molecular weight is 440 g/mol. The van der Waals surface area contributed by atoms with Gasteiger partial charge in [0, 0.05) is 21.5 Å². The van der Waals surface area contributed by atoms with Crippen LogP contribution in [0.1, 0.15) is 48.8 Å². The highest BCUT2D eigenvalue weighted by Crippen LogP contribution is 2.38. The van der Waals surface area contributed by atoms with Gasteiger partial charge in [-0.2, -0.15) is 0 Å². The number of thiophene rings is 1. The van der Waals surface area contributed by atoms with E-state index in [1.165, 1.54) is 4.88 Å². The van der Waals surface area contributed by atoms with E-state index in [0.29, 0.717) is 16.8 Å². The Labute approximate surface area is 189 Å². The third kappa shape index (κ3) is 3.59. The molecule has 0 spiro atoms. The minimum atomic E-state index is -0.483. The molecule has 0 bridgehead atoms. The molecule has 0 radical (unpaired) electrons. The third-order valence-corrected chi connectivity index (χ3v) is 6.60. The number of aromatic nitrogens is 1. The molecule has 6 heteroatoms. The fourth-order valence-corrected chi connectivity index (χ4v) is 4.98. The van der Waals surface area contributed by atoms with E-state index in [0.717, 1.165) is 46.1 Å². The minimum absolute atomic E-state index is 0.177. The highest BCUT2D eigenvalue weighted by molar-refractivity contribution is 7.10. The summed E-state index contributed by atoms with van der Waals surface area (Å²) in [6, 6.07) is 17.0. The van der Waals surface area contributed by atoms with Crippen LogP contribution in [0.15, 0.2) is 60.0 Å². The first kappa shape index (κ1) is 20.2. The quantitative estimate of drug-likeness (QED) is 0.444. The number of benzene rings is 2. The zero-order valence-corrected chi connectivity index (χ0v) is 18.3. The lowest BCUT2D eigenvalue weighted by Gasteiger charge is -2.14. The number of hydrogen-bond acceptors (Lipinski definition) is 4. The van der Waals surface area contributed by atoms with Crippen molar-refractivity contribution in [2.75, 3.05) is 5.32 Å². The number of carbonyl (C=O) groups excluding carboxylic acids is 2. The van der Waals surface area contributed by atoms with Crippen LogP contribution in [0.2, 0.25) is 0 Å². The highest BCUT2D eigenvalue weighted by Gasteiger charge is 2.27. The molecule has 0 fully saturated rings. The molecule has 0 saturated carbocycles. The molecule has 2 aromatic heterocycles. The van der Waals surface area contributed by atoms with Gasteiger partial charge in [0.2, 0.25) is 5.91 Å². The van der Waals surface area contributed by atoms with E-state index in [1.54, 1.807) is 36.5 Å². The molecule has 158 valence electrons. The number of amides is 2. The number of primary amides is 1. The van der Waals surface area contributed by atoms with Crippen molar-refractivity contribution < 1.29 is 9.59 Å². The number of pyridine rings is 1. The number of allylic oxidation sites excluding steroid dienone is 1. The third-order valence-electron chi connectivity index (χ3n) is 5.78. The van der Waals surface area contributed by atoms with Crippen LogP contribution in [0.5, 0.6) is 0 Å². The van der Waals surface area contributed by atoms with Gasteiger partial charge >= 0.3 is 0 Å². The molecule has 0 saturated heterocycles. The Morgan fingerprint density at radius 3 is 2.69 bits per heavy atom. The van der Waals surface area contributed by atoms with Crippen molar-refractivity contribution in [2.24, 2.45) is 5.73 Å². The standard InChI is InChI=1S/C26H21N3O2S/c1-15-13-17(9-11-19(15)25(27)30)28-26(31)23-20-6-2-3-7-22(20)29-24-16(8-10-21(23)24)14-18-5-4-12-32-18/h2-7,9,11-14H,8,10H2,1H3,(H2,27,30)(H,28,31)/b16-14-. The number of nitrogens with one attached hydrogen (secondary N) is 1. The second kappa shape index (κ2) is 8.05. The minimum Gasteiger partial charge on any atom is -0.366 e. The molecule has 3 N–H and O–H groups in total. The van der Waals surface area contributed by atoms with Crippen molar-refractivity contribution >= 4 is 51.4 Å². The molecular formula is C26H21N3O2S. The van der Waals surface area contributed by atoms with Crippen molar-refractivity contribution in [3.63, 3.8) is 0 Å². The average Bonchev–Trinajstić information content (AvgIpc) is 3.42. The van der Waals surface area contributed by atoms with Gasteiger partial charge in [-0.25, -0.2) is 4.98 Å². The Morgan fingerprint density at radius 2 is 1.94 bits per heavy atom. The Kier molecular flexibility index (Phi) is 5.07. The number of rotatable bonds is 4. The summed E-state index contributed by atoms with van der Waals surface area (Å²) in [5.74, 6) is -0.660. The predicted octanol–water partition coefficient (Wildman–Crippen LogP) is 5.44. The topological polar surface area (TPSA) is 85.1 Å². The number of aryl methyl sites for hydroxylation is 1. The van der Waals surface area contributed by atoms with Crippen molar-refractivity contribution in [2.45, 2.75) is 19.8 Å². The summed E-state index contributed by atoms with van der Waals surface area (Å²) in [5.41, 5.74) is 11.7. The monoisotopic (exact) mass is 439 g/mol. The molecular weight excluding hydrogens is 418 g/mol. The number of carbonyl (C=O) groups is 2. The summed E-state index contributed by atoms with van der Waals surface area (Å²) in [7, 11) is 0. The molecule has 5 nitrogen and oxygen atoms in total. The van der Waals surface area contributed by atoms with Gasteiger partial charge in [0.1, 0.15) is 0 Å². The van der Waals surface area contributed by atoms with Crippen LogP contribution >= 0.6 is 11.3 Å². The maximum atomic E-state index is 13.5. The number of hydrogen-bond donors (Lipinski definition) is 2. The summed E-state index contributed by atoms with van der Waals surface area (Å²) >= 11 is 1.69. The van der Waals surface area contributed by atoms with Gasteiger partial charge in [-0.15, -0.1) is 11.3 Å². The van der Waals surface area contributed by atoms with E-state index in [4.69, 9.17) is 10.7 Å². The second-order valence-corrected chi connectivity index (χ2v) is 8.84. The van der Waals surface area contributed by atoms with Crippen LogP contribution in [-0.2, 0) is 6.42 Å². The zero-order valence-electron chi connectivity index (χ0n) is 17.5. The van der Waals surface area contributed by atoms with Crippen LogP contribution in [0.4, 0.5) is 5.69 Å². The fraction of sp³-hybridized carbons (Fsp3) is 0.115. The van der Waals surface area contributed by atoms with Crippen LogP contribution in [0.25, 0.3) is 22.6 Å². The molecule has 4 aromatic rings. The van der Waals surface area contributed by atoms with Crippen molar-refractivity contribution in [3.05, 3.63) is 92.8 Å². The SMILES string of the molecule is Cc1cc(NC(=O)c2c3c(nc4ccccc24)/C(=C\c2cccs2)CC3)ccc1C(N)=O. The molecule has 0 unspecified atom stereocenters. The van der Waals surface area contributed by atoms with E-state index in [1.807, 2.05) is 30.3 Å². The smallest absolute Gasteiger partial charge is 0.256 e. The molecule has 5 rings (SSSR count). The number of nitrogens with two attached hydrogens (primary N) is 1. The van der Waals surface area contributed by atoms with Gasteiger partial charge < -0.3 is 11.1 Å². The molecule has 32 heavy (non-hydrogen) atoms. The molecule has 1 aliphatic rings. The summed E-state index contributed by atoms with van der Waals surface area (Å²) in [6.07, 6.45) is 3.79. The molecule has 2 amide bonds. The number of anilines is 1. The largest absolute Gasteiger partial charge is 0.366 e. The van der Waals surface area contributed by atoms with Gasteiger partial charge in [-0.1, -0.05) is 24.3 Å². The molecule has 2 aromatic carbocycles. The number of nitrogens with zero attached hydrogens (tertiary/aromatic N) is 1. The van der Waals surface area contributed by atoms with Crippen molar-refractivity contribution in [1.82, 2.24) is 4.98 Å². The maximum absolute atomic E-state index is 13.5. The van der Waals surface area contributed by atoms with E-state index in [9.17, 15) is 9.59 Å². The molecule has 0 atom stereocenters. The van der Waals surface area contributed by atoms with Crippen LogP contribution in [-0.4, -0.2) is 16.8 Å². The Bertz CT molecular complexity index is 1400. The second-order valence-electron chi connectivity index (χ2n) is 7.86. The highest BCUT2D eigenvalue weighted by atomic mass is 32.1. The molecule has 1 aliphatic carbocycles. The Morgan fingerprint density at radius 1 is 1.09 bits per heavy atom. The fourth-order valence-electron chi connectivity index (χ4n) is 4.29. The predicted molar refractivity (Wildman–Crippen MR) is 130 cm³/mol. The van der Waals surface area contributed by atoms with Gasteiger partial charge in [-0.3, -0.25) is 9.59 Å². The first-order valence-corrected chi connectivity index (χ1v) is 11.3. The first-order chi connectivity index (χ1) is 15.5. The lowest BCUT2D eigenvalue weighted by atomic mass is 9.99. The maximum Gasteiger partial charge on any atom is 0.256 e. The Hall–Kier alpha value is -3.77. The van der Waals surface area contributed by atoms with Crippen molar-refractivity contribution in [3.8, 4) is 0 Å². The van der Waals surface area contributed by atoms with Crippen LogP contribution in [0, 0.1) is 6.92 Å². The van der Waals surface area contributed by atoms with E-state index in [2.05, 4.69) is 22.8 Å². The lowest BCUT2D eigenvalue weighted by Crippen LogP contribution is -2.17. The van der Waals surface area contributed by atoms with E-state index >= 15 is 0 Å². The van der Waals surface area contributed by atoms with Crippen LogP contribution in [0.3, 0.4) is 0 Å². The zero-order chi connectivity index (χ0) is 22.2. The normalized spacial score (nSPS) is 14.0. The lowest BCUT2D eigenvalue weighted by molar-refractivity contribution is 0.0997. The summed E-state index contributed by atoms with van der Waals surface area (Å²) in [6.45, 7) is 1.80. The van der Waals surface area contributed by atoms with Gasteiger partial charge in [0.25, 0.3) is 5.91 Å². The number of fused-ring (bicyclic) bond motifs is 2. The van der Waals surface area contributed by atoms with E-state index in [-0.39, 0.29) is 5.91 Å². The Balaban J connectivity index is 1.59. The number of para-hydroxylation sites is 1. The molecule has 0 aliphatic heterocycles. The van der Waals surface area contributed by atoms with E-state index < -0.39 is 5.91 Å². The van der Waals surface area contributed by atoms with Gasteiger partial charge in [-0.05, 0) is 78.3 Å². The summed E-state index contributed by atoms with van der Waals surface area (Å²) < 4.78 is 0. The summed E-state index contributed by atoms with van der Waals surface area (Å²) in [5, 5.41) is 5.91. The molecule has 2 heterocycles. The van der Waals surface area contributed by atoms with Gasteiger partial charge in [0.15, 0.2) is 0 Å². The van der Waals surface area contributed by atoms with Gasteiger partial charge in [0.05, 0.1) is 16.8 Å². The van der Waals surface area contributed by atoms with Crippen molar-refractivity contribution in [1.29, 1.82) is 0 Å².